The number of nitrogens with one attached hydrogen (secondary N) is 1. The highest BCUT2D eigenvalue weighted by atomic mass is 16.3. The second-order valence-electron chi connectivity index (χ2n) is 6.39. The maximum atomic E-state index is 5.43. The highest BCUT2D eigenvalue weighted by Gasteiger charge is 2.17. The quantitative estimate of drug-likeness (QED) is 0.749. The van der Waals surface area contributed by atoms with Gasteiger partial charge in [0.1, 0.15) is 5.76 Å². The third kappa shape index (κ3) is 5.26. The maximum absolute atomic E-state index is 5.43. The van der Waals surface area contributed by atoms with Crippen molar-refractivity contribution in [1.82, 2.24) is 5.32 Å². The minimum absolute atomic E-state index is 0.431. The number of furan rings is 1. The molecule has 0 aliphatic carbocycles. The van der Waals surface area contributed by atoms with Crippen LogP contribution in [0.1, 0.15) is 70.7 Å². The largest absolute Gasteiger partial charge is 0.469 e. The fourth-order valence-electron chi connectivity index (χ4n) is 2.28. The van der Waals surface area contributed by atoms with Gasteiger partial charge in [0.15, 0.2) is 0 Å². The molecule has 0 saturated carbocycles. The molecule has 0 fully saturated rings. The number of aryl methyl sites for hydroxylation is 1. The molecule has 1 N–H and O–H groups in total. The van der Waals surface area contributed by atoms with Gasteiger partial charge in [-0.2, -0.15) is 0 Å². The topological polar surface area (TPSA) is 25.2 Å². The van der Waals surface area contributed by atoms with Crippen LogP contribution >= 0.6 is 0 Å². The Morgan fingerprint density at radius 1 is 1.33 bits per heavy atom. The van der Waals surface area contributed by atoms with Crippen molar-refractivity contribution < 1.29 is 4.42 Å². The summed E-state index contributed by atoms with van der Waals surface area (Å²) in [5.41, 5.74) is 1.76. The lowest BCUT2D eigenvalue weighted by Gasteiger charge is -2.22. The Bertz CT molecular complexity index is 335. The van der Waals surface area contributed by atoms with E-state index < -0.39 is 0 Å². The van der Waals surface area contributed by atoms with Crippen LogP contribution in [-0.2, 0) is 0 Å². The molecule has 0 spiro atoms. The van der Waals surface area contributed by atoms with Crippen molar-refractivity contribution >= 4 is 0 Å². The second-order valence-corrected chi connectivity index (χ2v) is 6.39. The highest BCUT2D eigenvalue weighted by molar-refractivity contribution is 5.20. The van der Waals surface area contributed by atoms with Crippen molar-refractivity contribution in [1.29, 1.82) is 0 Å². The Labute approximate surface area is 112 Å². The normalized spacial score (nSPS) is 13.8. The van der Waals surface area contributed by atoms with E-state index in [0.717, 1.165) is 12.3 Å². The average Bonchev–Trinajstić information content (AvgIpc) is 2.68. The van der Waals surface area contributed by atoms with Gasteiger partial charge in [-0.05, 0) is 44.2 Å². The third-order valence-corrected chi connectivity index (χ3v) is 3.33. The molecule has 104 valence electrons. The molecule has 0 bridgehead atoms. The Kier molecular flexibility index (Phi) is 5.94. The van der Waals surface area contributed by atoms with Crippen LogP contribution in [0.4, 0.5) is 0 Å². The van der Waals surface area contributed by atoms with Gasteiger partial charge in [-0.25, -0.2) is 0 Å². The zero-order chi connectivity index (χ0) is 13.6. The van der Waals surface area contributed by atoms with Crippen LogP contribution in [-0.4, -0.2) is 6.54 Å². The van der Waals surface area contributed by atoms with Crippen molar-refractivity contribution in [2.75, 3.05) is 6.54 Å². The first kappa shape index (κ1) is 15.3. The summed E-state index contributed by atoms with van der Waals surface area (Å²) in [6.07, 6.45) is 6.70. The zero-order valence-corrected chi connectivity index (χ0v) is 12.7. The van der Waals surface area contributed by atoms with E-state index in [1.807, 2.05) is 0 Å². The van der Waals surface area contributed by atoms with Crippen LogP contribution in [0, 0.1) is 12.3 Å². The molecule has 0 aromatic carbocycles. The van der Waals surface area contributed by atoms with Crippen LogP contribution < -0.4 is 5.32 Å². The van der Waals surface area contributed by atoms with E-state index in [0.29, 0.717) is 11.5 Å². The van der Waals surface area contributed by atoms with Crippen LogP contribution in [0.3, 0.4) is 0 Å². The fraction of sp³-hybridized carbons (Fsp3) is 0.750. The van der Waals surface area contributed by atoms with Gasteiger partial charge in [-0.1, -0.05) is 34.1 Å². The lowest BCUT2D eigenvalue weighted by Crippen LogP contribution is -2.22. The Morgan fingerprint density at radius 2 is 2.06 bits per heavy atom. The maximum Gasteiger partial charge on any atom is 0.105 e. The molecule has 1 unspecified atom stereocenters. The zero-order valence-electron chi connectivity index (χ0n) is 12.7. The molecule has 1 aromatic rings. The summed E-state index contributed by atoms with van der Waals surface area (Å²) in [4.78, 5) is 0. The Morgan fingerprint density at radius 3 is 2.56 bits per heavy atom. The number of rotatable bonds is 7. The molecule has 1 heterocycles. The van der Waals surface area contributed by atoms with E-state index in [1.165, 1.54) is 31.2 Å². The van der Waals surface area contributed by atoms with Crippen molar-refractivity contribution in [3.63, 3.8) is 0 Å². The predicted molar refractivity (Wildman–Crippen MR) is 77.8 cm³/mol. The van der Waals surface area contributed by atoms with Gasteiger partial charge in [0.05, 0.1) is 6.26 Å². The summed E-state index contributed by atoms with van der Waals surface area (Å²) in [7, 11) is 0. The monoisotopic (exact) mass is 251 g/mol. The van der Waals surface area contributed by atoms with Crippen molar-refractivity contribution in [2.24, 2.45) is 5.41 Å². The van der Waals surface area contributed by atoms with Crippen molar-refractivity contribution in [3.05, 3.63) is 23.7 Å². The summed E-state index contributed by atoms with van der Waals surface area (Å²) in [5.74, 6) is 1.05. The third-order valence-electron chi connectivity index (χ3n) is 3.33. The first-order valence-electron chi connectivity index (χ1n) is 7.21. The van der Waals surface area contributed by atoms with E-state index in [1.54, 1.807) is 6.26 Å². The highest BCUT2D eigenvalue weighted by Crippen LogP contribution is 2.27. The Balaban J connectivity index is 2.54. The lowest BCUT2D eigenvalue weighted by molar-refractivity contribution is 0.342. The van der Waals surface area contributed by atoms with Crippen LogP contribution in [0.2, 0.25) is 0 Å². The van der Waals surface area contributed by atoms with Gasteiger partial charge in [-0.15, -0.1) is 0 Å². The first-order valence-corrected chi connectivity index (χ1v) is 7.21. The molecular weight excluding hydrogens is 222 g/mol. The summed E-state index contributed by atoms with van der Waals surface area (Å²) < 4.78 is 5.43. The van der Waals surface area contributed by atoms with E-state index in [2.05, 4.69) is 46.0 Å². The van der Waals surface area contributed by atoms with E-state index in [4.69, 9.17) is 4.42 Å². The summed E-state index contributed by atoms with van der Waals surface area (Å²) in [6.45, 7) is 12.3. The molecule has 0 radical (unpaired) electrons. The SMILES string of the molecule is CCCNC(CCCC(C)(C)C)c1ccoc1C. The summed E-state index contributed by atoms with van der Waals surface area (Å²) in [6, 6.07) is 2.56. The number of hydrogen-bond acceptors (Lipinski definition) is 2. The molecule has 1 aromatic heterocycles. The molecular formula is C16H29NO. The summed E-state index contributed by atoms with van der Waals surface area (Å²) >= 11 is 0. The molecule has 1 atom stereocenters. The molecule has 18 heavy (non-hydrogen) atoms. The predicted octanol–water partition coefficient (Wildman–Crippen LogP) is 4.85. The minimum Gasteiger partial charge on any atom is -0.469 e. The summed E-state index contributed by atoms with van der Waals surface area (Å²) in [5, 5.41) is 3.64. The molecule has 0 aliphatic rings. The van der Waals surface area contributed by atoms with Gasteiger partial charge in [0.2, 0.25) is 0 Å². The standard InChI is InChI=1S/C16H29NO/c1-6-11-17-15(8-7-10-16(3,4)5)14-9-12-18-13(14)2/h9,12,15,17H,6-8,10-11H2,1-5H3. The molecule has 0 aliphatic heterocycles. The van der Waals surface area contributed by atoms with Gasteiger partial charge in [-0.3, -0.25) is 0 Å². The minimum atomic E-state index is 0.431. The number of hydrogen-bond donors (Lipinski definition) is 1. The molecule has 2 heteroatoms. The van der Waals surface area contributed by atoms with Gasteiger partial charge in [0.25, 0.3) is 0 Å². The van der Waals surface area contributed by atoms with Gasteiger partial charge < -0.3 is 9.73 Å². The molecule has 0 amide bonds. The van der Waals surface area contributed by atoms with Crippen LogP contribution in [0.5, 0.6) is 0 Å². The van der Waals surface area contributed by atoms with Gasteiger partial charge >= 0.3 is 0 Å². The van der Waals surface area contributed by atoms with Crippen LogP contribution in [0.15, 0.2) is 16.7 Å². The van der Waals surface area contributed by atoms with E-state index in [-0.39, 0.29) is 0 Å². The van der Waals surface area contributed by atoms with Crippen molar-refractivity contribution in [3.8, 4) is 0 Å². The average molecular weight is 251 g/mol. The second kappa shape index (κ2) is 6.98. The van der Waals surface area contributed by atoms with Crippen LogP contribution in [0.25, 0.3) is 0 Å². The van der Waals surface area contributed by atoms with Gasteiger partial charge in [0, 0.05) is 11.6 Å². The first-order chi connectivity index (χ1) is 8.44. The molecule has 0 saturated heterocycles. The smallest absolute Gasteiger partial charge is 0.105 e. The molecule has 1 rings (SSSR count). The Hall–Kier alpha value is -0.760. The van der Waals surface area contributed by atoms with E-state index >= 15 is 0 Å². The lowest BCUT2D eigenvalue weighted by atomic mass is 9.88. The fourth-order valence-corrected chi connectivity index (χ4v) is 2.28. The molecule has 2 nitrogen and oxygen atoms in total. The van der Waals surface area contributed by atoms with Crippen molar-refractivity contribution in [2.45, 2.75) is 66.3 Å². The van der Waals surface area contributed by atoms with E-state index in [9.17, 15) is 0 Å².